The van der Waals surface area contributed by atoms with E-state index in [1.807, 2.05) is 0 Å². The van der Waals surface area contributed by atoms with Crippen LogP contribution in [0.4, 0.5) is 13.2 Å². The van der Waals surface area contributed by atoms with E-state index in [1.165, 1.54) is 19.1 Å². The molecule has 0 spiro atoms. The number of aliphatic hydroxyl groups excluding tert-OH is 1. The van der Waals surface area contributed by atoms with Crippen molar-refractivity contribution in [1.82, 2.24) is 0 Å². The Morgan fingerprint density at radius 2 is 1.89 bits per heavy atom. The Bertz CT molecular complexity index is 1100. The Hall–Kier alpha value is -1.61. The molecular weight excluding hydrogens is 493 g/mol. The summed E-state index contributed by atoms with van der Waals surface area (Å²) in [6, 6.07) is -1.01. The minimum absolute atomic E-state index is 0.0610. The van der Waals surface area contributed by atoms with Crippen LogP contribution in [0.2, 0.25) is 0 Å². The molecule has 0 radical (unpaired) electrons. The first-order valence-electron chi connectivity index (χ1n) is 12.6. The summed E-state index contributed by atoms with van der Waals surface area (Å²) in [4.78, 5) is 38.8. The maximum Gasteiger partial charge on any atom is 0.312 e. The van der Waals surface area contributed by atoms with E-state index >= 15 is 8.78 Å². The summed E-state index contributed by atoms with van der Waals surface area (Å²) in [7, 11) is 0. The van der Waals surface area contributed by atoms with Crippen LogP contribution < -0.4 is 0 Å². The van der Waals surface area contributed by atoms with Crippen molar-refractivity contribution >= 4 is 28.6 Å². The summed E-state index contributed by atoms with van der Waals surface area (Å²) < 4.78 is 52.5. The Balaban J connectivity index is 1.64. The average Bonchev–Trinajstić information content (AvgIpc) is 3.52. The van der Waals surface area contributed by atoms with E-state index < -0.39 is 74.3 Å². The molecule has 0 aromatic rings. The molecule has 198 valence electrons. The van der Waals surface area contributed by atoms with Gasteiger partial charge in [0.25, 0.3) is 0 Å². The number of alkyl halides is 2. The number of ketones is 1. The largest absolute Gasteiger partial charge is 0.449 e. The Morgan fingerprint density at radius 1 is 1.22 bits per heavy atom. The van der Waals surface area contributed by atoms with E-state index in [2.05, 4.69) is 0 Å². The molecule has 3 fully saturated rings. The monoisotopic (exact) mass is 526 g/mol. The van der Waals surface area contributed by atoms with Crippen molar-refractivity contribution in [3.05, 3.63) is 23.6 Å². The summed E-state index contributed by atoms with van der Waals surface area (Å²) in [5.41, 5.74) is -7.50. The molecule has 0 aromatic heterocycles. The lowest BCUT2D eigenvalue weighted by molar-refractivity contribution is -0.225. The first kappa shape index (κ1) is 26.0. The van der Waals surface area contributed by atoms with E-state index in [9.17, 15) is 23.9 Å². The van der Waals surface area contributed by atoms with E-state index in [-0.39, 0.29) is 37.0 Å². The second kappa shape index (κ2) is 7.95. The summed E-state index contributed by atoms with van der Waals surface area (Å²) >= 11 is 0.416. The molecule has 5 aliphatic rings. The first-order valence-corrected chi connectivity index (χ1v) is 13.6. The van der Waals surface area contributed by atoms with Gasteiger partial charge in [-0.05, 0) is 68.9 Å². The normalized spacial score (nSPS) is 46.6. The molecule has 0 heterocycles. The van der Waals surface area contributed by atoms with Gasteiger partial charge in [-0.15, -0.1) is 0 Å². The molecule has 5 nitrogen and oxygen atoms in total. The van der Waals surface area contributed by atoms with Gasteiger partial charge in [0.05, 0.1) is 11.5 Å². The number of fused-ring (bicyclic) bond motifs is 5. The highest BCUT2D eigenvalue weighted by Gasteiger charge is 2.78. The minimum atomic E-state index is -2.29. The summed E-state index contributed by atoms with van der Waals surface area (Å²) in [6.45, 7) is 6.70. The third-order valence-electron chi connectivity index (χ3n) is 10.4. The van der Waals surface area contributed by atoms with Crippen LogP contribution in [0.5, 0.6) is 0 Å². The highest BCUT2D eigenvalue weighted by molar-refractivity contribution is 8.13. The molecule has 0 aromatic carbocycles. The zero-order chi connectivity index (χ0) is 26.5. The lowest BCUT2D eigenvalue weighted by atomic mass is 9.45. The van der Waals surface area contributed by atoms with E-state index in [0.717, 1.165) is 0 Å². The number of halogens is 3. The topological polar surface area (TPSA) is 80.7 Å². The third-order valence-corrected chi connectivity index (χ3v) is 11.1. The Kier molecular flexibility index (Phi) is 5.74. The number of ether oxygens (including phenoxy) is 1. The van der Waals surface area contributed by atoms with Crippen LogP contribution in [0.1, 0.15) is 66.2 Å². The fourth-order valence-electron chi connectivity index (χ4n) is 8.01. The first-order chi connectivity index (χ1) is 16.7. The van der Waals surface area contributed by atoms with Crippen LogP contribution >= 0.6 is 11.8 Å². The van der Waals surface area contributed by atoms with Crippen molar-refractivity contribution in [2.45, 2.75) is 83.6 Å². The van der Waals surface area contributed by atoms with Crippen molar-refractivity contribution in [2.75, 3.05) is 6.01 Å². The van der Waals surface area contributed by atoms with Gasteiger partial charge in [-0.3, -0.25) is 14.4 Å². The van der Waals surface area contributed by atoms with Crippen molar-refractivity contribution in [1.29, 1.82) is 0 Å². The van der Waals surface area contributed by atoms with Gasteiger partial charge in [0, 0.05) is 35.5 Å². The quantitative estimate of drug-likeness (QED) is 0.509. The molecule has 36 heavy (non-hydrogen) atoms. The van der Waals surface area contributed by atoms with Crippen LogP contribution in [0, 0.1) is 34.0 Å². The Morgan fingerprint density at radius 3 is 2.50 bits per heavy atom. The zero-order valence-electron chi connectivity index (χ0n) is 21.0. The fraction of sp³-hybridized carbons (Fsp3) is 0.741. The van der Waals surface area contributed by atoms with Gasteiger partial charge in [-0.1, -0.05) is 19.9 Å². The van der Waals surface area contributed by atoms with Gasteiger partial charge in [-0.2, -0.15) is 0 Å². The summed E-state index contributed by atoms with van der Waals surface area (Å²) in [5.74, 6) is -3.68. The highest BCUT2D eigenvalue weighted by Crippen LogP contribution is 2.72. The van der Waals surface area contributed by atoms with Crippen molar-refractivity contribution in [3.63, 3.8) is 0 Å². The molecule has 8 atom stereocenters. The molecule has 5 aliphatic carbocycles. The molecule has 2 unspecified atom stereocenters. The standard InChI is InChI=1S/C27H33F3O5S/c1-14-9-16-17-11-19(29)18-10-15(31)5-6-24(18,3)26(17,30)20(32)12-25(16,4)27(14,22(34)36-13-28)35-21(33)23(2)7-8-23/h5-6,14,16-17,20,32H,7-13H2,1-4H3/t14-,16?,17?,20+,24+,25+,26+,27+/m1/s1. The van der Waals surface area contributed by atoms with Crippen LogP contribution in [0.15, 0.2) is 23.6 Å². The molecule has 0 saturated heterocycles. The summed E-state index contributed by atoms with van der Waals surface area (Å²) in [5, 5.41) is 10.8. The number of carbonyl (C=O) groups is 3. The molecule has 0 amide bonds. The number of hydrogen-bond acceptors (Lipinski definition) is 6. The lowest BCUT2D eigenvalue weighted by Gasteiger charge is -2.62. The predicted octanol–water partition coefficient (Wildman–Crippen LogP) is 5.17. The predicted molar refractivity (Wildman–Crippen MR) is 128 cm³/mol. The second-order valence-electron chi connectivity index (χ2n) is 12.2. The van der Waals surface area contributed by atoms with E-state index in [4.69, 9.17) is 4.74 Å². The van der Waals surface area contributed by atoms with Crippen LogP contribution in [-0.2, 0) is 19.1 Å². The SMILES string of the molecule is C[C@@H]1CC2C3CC(F)=C4CC(=O)C=C[C@]4(C)[C@@]3(F)[C@@H](O)C[C@]2(C)[C@@]1(OC(=O)C1(C)CC1)C(=O)SCF. The Labute approximate surface area is 213 Å². The van der Waals surface area contributed by atoms with E-state index in [0.29, 0.717) is 24.6 Å². The smallest absolute Gasteiger partial charge is 0.312 e. The van der Waals surface area contributed by atoms with Crippen molar-refractivity contribution < 1.29 is 37.4 Å². The molecule has 3 saturated carbocycles. The van der Waals surface area contributed by atoms with Gasteiger partial charge in [0.2, 0.25) is 5.12 Å². The number of rotatable bonds is 4. The maximum absolute atomic E-state index is 17.4. The van der Waals surface area contributed by atoms with Gasteiger partial charge >= 0.3 is 5.97 Å². The molecule has 0 aliphatic heterocycles. The van der Waals surface area contributed by atoms with Crippen LogP contribution in [-0.4, -0.2) is 45.4 Å². The second-order valence-corrected chi connectivity index (χ2v) is 13.1. The van der Waals surface area contributed by atoms with Crippen molar-refractivity contribution in [2.24, 2.45) is 34.0 Å². The fourth-order valence-corrected chi connectivity index (χ4v) is 8.80. The van der Waals surface area contributed by atoms with Crippen molar-refractivity contribution in [3.8, 4) is 0 Å². The minimum Gasteiger partial charge on any atom is -0.449 e. The van der Waals surface area contributed by atoms with Crippen LogP contribution in [0.3, 0.4) is 0 Å². The van der Waals surface area contributed by atoms with Gasteiger partial charge in [0.15, 0.2) is 17.1 Å². The number of carbonyl (C=O) groups excluding carboxylic acids is 3. The molecule has 1 N–H and O–H groups in total. The number of hydrogen-bond donors (Lipinski definition) is 1. The third kappa shape index (κ3) is 3.04. The van der Waals surface area contributed by atoms with Gasteiger partial charge < -0.3 is 9.84 Å². The number of aliphatic hydroxyl groups is 1. The summed E-state index contributed by atoms with van der Waals surface area (Å²) in [6.07, 6.45) is 1.69. The van der Waals surface area contributed by atoms with Gasteiger partial charge in [-0.25, -0.2) is 13.2 Å². The highest BCUT2D eigenvalue weighted by atomic mass is 32.2. The zero-order valence-corrected chi connectivity index (χ0v) is 21.9. The van der Waals surface area contributed by atoms with E-state index in [1.54, 1.807) is 20.8 Å². The number of thioether (sulfide) groups is 1. The lowest BCUT2D eigenvalue weighted by Crippen LogP contribution is -2.69. The molecule has 0 bridgehead atoms. The molecule has 5 rings (SSSR count). The average molecular weight is 527 g/mol. The number of esters is 1. The van der Waals surface area contributed by atoms with Gasteiger partial charge in [0.1, 0.15) is 11.8 Å². The molecule has 9 heteroatoms. The molecular formula is C27H33F3O5S. The van der Waals surface area contributed by atoms with Crippen LogP contribution in [0.25, 0.3) is 0 Å². The number of allylic oxidation sites excluding steroid dienone is 4. The maximum atomic E-state index is 17.4.